The van der Waals surface area contributed by atoms with Gasteiger partial charge in [0.25, 0.3) is 5.91 Å². The van der Waals surface area contributed by atoms with Crippen LogP contribution in [0.2, 0.25) is 0 Å². The minimum absolute atomic E-state index is 0.0114. The third-order valence-electron chi connectivity index (χ3n) is 5.05. The lowest BCUT2D eigenvalue weighted by atomic mass is 10.0. The van der Waals surface area contributed by atoms with Crippen LogP contribution in [0.3, 0.4) is 0 Å². The molecule has 2 aliphatic heterocycles. The minimum Gasteiger partial charge on any atom is -0.493 e. The topological polar surface area (TPSA) is 49.8 Å². The van der Waals surface area contributed by atoms with E-state index in [2.05, 4.69) is 0 Å². The van der Waals surface area contributed by atoms with E-state index in [-0.39, 0.29) is 11.9 Å². The number of rotatable bonds is 2. The van der Waals surface area contributed by atoms with Crippen molar-refractivity contribution in [3.05, 3.63) is 29.3 Å². The lowest BCUT2D eigenvalue weighted by Crippen LogP contribution is -2.44. The van der Waals surface area contributed by atoms with Crippen LogP contribution in [0.5, 0.6) is 5.75 Å². The highest BCUT2D eigenvalue weighted by Gasteiger charge is 2.52. The van der Waals surface area contributed by atoms with Crippen molar-refractivity contribution in [2.45, 2.75) is 50.2 Å². The average Bonchev–Trinajstić information content (AvgIpc) is 3.07. The second kappa shape index (κ2) is 4.73. The summed E-state index contributed by atoms with van der Waals surface area (Å²) < 4.78 is 5.60. The summed E-state index contributed by atoms with van der Waals surface area (Å²) in [4.78, 5) is 14.7. The Morgan fingerprint density at radius 2 is 2.19 bits per heavy atom. The summed E-state index contributed by atoms with van der Waals surface area (Å²) in [6.07, 6.45) is 5.57. The Morgan fingerprint density at radius 1 is 1.33 bits per heavy atom. The standard InChI is InChI=1S/C17H21NO3/c19-16(18-9-1-4-15(18)17(20)7-8-17)13-5-6-14-12(11-13)3-2-10-21-14/h5-6,11,15,20H,1-4,7-10H2. The molecule has 1 amide bonds. The summed E-state index contributed by atoms with van der Waals surface area (Å²) in [7, 11) is 0. The number of benzene rings is 1. The molecule has 4 heteroatoms. The van der Waals surface area contributed by atoms with Gasteiger partial charge in [-0.2, -0.15) is 0 Å². The zero-order valence-electron chi connectivity index (χ0n) is 12.2. The minimum atomic E-state index is -0.608. The van der Waals surface area contributed by atoms with E-state index in [9.17, 15) is 9.90 Å². The lowest BCUT2D eigenvalue weighted by Gasteiger charge is -2.29. The van der Waals surface area contributed by atoms with E-state index < -0.39 is 5.60 Å². The van der Waals surface area contributed by atoms with Crippen LogP contribution in [0.4, 0.5) is 0 Å². The van der Waals surface area contributed by atoms with Crippen LogP contribution in [0.15, 0.2) is 18.2 Å². The van der Waals surface area contributed by atoms with Crippen molar-refractivity contribution in [1.82, 2.24) is 4.90 Å². The van der Waals surface area contributed by atoms with Crippen molar-refractivity contribution >= 4 is 5.91 Å². The Labute approximate surface area is 124 Å². The van der Waals surface area contributed by atoms with Crippen LogP contribution in [0, 0.1) is 0 Å². The highest BCUT2D eigenvalue weighted by atomic mass is 16.5. The third-order valence-corrected chi connectivity index (χ3v) is 5.05. The Bertz CT molecular complexity index is 579. The van der Waals surface area contributed by atoms with E-state index in [0.717, 1.165) is 68.6 Å². The molecule has 1 saturated heterocycles. The number of amides is 1. The fraction of sp³-hybridized carbons (Fsp3) is 0.588. The van der Waals surface area contributed by atoms with Crippen molar-refractivity contribution < 1.29 is 14.6 Å². The summed E-state index contributed by atoms with van der Waals surface area (Å²) in [5.41, 5.74) is 1.26. The van der Waals surface area contributed by atoms with E-state index in [4.69, 9.17) is 4.74 Å². The molecule has 1 aromatic carbocycles. The quantitative estimate of drug-likeness (QED) is 0.906. The molecule has 0 bridgehead atoms. The number of aliphatic hydroxyl groups is 1. The van der Waals surface area contributed by atoms with E-state index in [1.165, 1.54) is 0 Å². The van der Waals surface area contributed by atoms with Crippen LogP contribution in [0.1, 0.15) is 48.0 Å². The van der Waals surface area contributed by atoms with Gasteiger partial charge in [-0.3, -0.25) is 4.79 Å². The third kappa shape index (κ3) is 2.22. The number of hydrogen-bond acceptors (Lipinski definition) is 3. The molecule has 4 rings (SSSR count). The maximum atomic E-state index is 12.8. The molecule has 0 radical (unpaired) electrons. The fourth-order valence-electron chi connectivity index (χ4n) is 3.69. The van der Waals surface area contributed by atoms with Crippen molar-refractivity contribution in [2.24, 2.45) is 0 Å². The van der Waals surface area contributed by atoms with E-state index in [0.29, 0.717) is 0 Å². The van der Waals surface area contributed by atoms with Crippen molar-refractivity contribution in [1.29, 1.82) is 0 Å². The molecule has 112 valence electrons. The molecule has 21 heavy (non-hydrogen) atoms. The molecule has 0 aromatic heterocycles. The fourth-order valence-corrected chi connectivity index (χ4v) is 3.69. The molecule has 1 atom stereocenters. The SMILES string of the molecule is O=C(c1ccc2c(c1)CCCO2)N1CCCC1C1(O)CC1. The van der Waals surface area contributed by atoms with Gasteiger partial charge in [0.1, 0.15) is 5.75 Å². The highest BCUT2D eigenvalue weighted by molar-refractivity contribution is 5.95. The molecule has 2 fully saturated rings. The smallest absolute Gasteiger partial charge is 0.254 e. The zero-order chi connectivity index (χ0) is 14.4. The van der Waals surface area contributed by atoms with Gasteiger partial charge < -0.3 is 14.7 Å². The molecule has 1 aromatic rings. The maximum absolute atomic E-state index is 12.8. The van der Waals surface area contributed by atoms with Crippen molar-refractivity contribution in [3.63, 3.8) is 0 Å². The molecule has 1 aliphatic carbocycles. The Kier molecular flexibility index (Phi) is 2.96. The molecule has 0 spiro atoms. The Hall–Kier alpha value is -1.55. The normalized spacial score (nSPS) is 26.1. The molecule has 2 heterocycles. The number of hydrogen-bond donors (Lipinski definition) is 1. The largest absolute Gasteiger partial charge is 0.493 e. The Morgan fingerprint density at radius 3 is 3.00 bits per heavy atom. The van der Waals surface area contributed by atoms with E-state index >= 15 is 0 Å². The van der Waals surface area contributed by atoms with E-state index in [1.54, 1.807) is 0 Å². The predicted octanol–water partition coefficient (Wildman–Crippen LogP) is 2.14. The molecule has 1 unspecified atom stereocenters. The average molecular weight is 287 g/mol. The molecule has 3 aliphatic rings. The van der Waals surface area contributed by atoms with Crippen LogP contribution in [0.25, 0.3) is 0 Å². The van der Waals surface area contributed by atoms with Gasteiger partial charge in [-0.05, 0) is 62.3 Å². The first-order valence-electron chi connectivity index (χ1n) is 7.96. The van der Waals surface area contributed by atoms with Crippen LogP contribution in [-0.2, 0) is 6.42 Å². The first-order chi connectivity index (χ1) is 10.2. The van der Waals surface area contributed by atoms with Crippen LogP contribution >= 0.6 is 0 Å². The molecular weight excluding hydrogens is 266 g/mol. The van der Waals surface area contributed by atoms with Gasteiger partial charge in [0, 0.05) is 12.1 Å². The van der Waals surface area contributed by atoms with Gasteiger partial charge >= 0.3 is 0 Å². The highest BCUT2D eigenvalue weighted by Crippen LogP contribution is 2.45. The zero-order valence-corrected chi connectivity index (χ0v) is 12.2. The number of ether oxygens (including phenoxy) is 1. The number of aryl methyl sites for hydroxylation is 1. The van der Waals surface area contributed by atoms with Crippen LogP contribution < -0.4 is 4.74 Å². The second-order valence-electron chi connectivity index (χ2n) is 6.53. The first-order valence-corrected chi connectivity index (χ1v) is 7.96. The molecular formula is C17H21NO3. The summed E-state index contributed by atoms with van der Waals surface area (Å²) in [5, 5.41) is 10.4. The first kappa shape index (κ1) is 13.1. The van der Waals surface area contributed by atoms with Gasteiger partial charge in [-0.25, -0.2) is 0 Å². The molecule has 1 saturated carbocycles. The number of likely N-dealkylation sites (tertiary alicyclic amines) is 1. The number of carbonyl (C=O) groups excluding carboxylic acids is 1. The van der Waals surface area contributed by atoms with Crippen molar-refractivity contribution in [2.75, 3.05) is 13.2 Å². The summed E-state index contributed by atoms with van der Waals surface area (Å²) in [6.45, 7) is 1.53. The van der Waals surface area contributed by atoms with Gasteiger partial charge in [-0.15, -0.1) is 0 Å². The molecule has 4 nitrogen and oxygen atoms in total. The van der Waals surface area contributed by atoms with Crippen LogP contribution in [-0.4, -0.2) is 40.7 Å². The second-order valence-corrected chi connectivity index (χ2v) is 6.53. The van der Waals surface area contributed by atoms with Gasteiger partial charge in [0.05, 0.1) is 18.2 Å². The monoisotopic (exact) mass is 287 g/mol. The maximum Gasteiger partial charge on any atom is 0.254 e. The predicted molar refractivity (Wildman–Crippen MR) is 78.5 cm³/mol. The van der Waals surface area contributed by atoms with E-state index in [1.807, 2.05) is 23.1 Å². The molecule has 1 N–H and O–H groups in total. The van der Waals surface area contributed by atoms with Gasteiger partial charge in [-0.1, -0.05) is 0 Å². The van der Waals surface area contributed by atoms with Crippen molar-refractivity contribution in [3.8, 4) is 5.75 Å². The van der Waals surface area contributed by atoms with Gasteiger partial charge in [0.15, 0.2) is 0 Å². The summed E-state index contributed by atoms with van der Waals surface area (Å²) in [6, 6.07) is 5.76. The van der Waals surface area contributed by atoms with Gasteiger partial charge in [0.2, 0.25) is 0 Å². The lowest BCUT2D eigenvalue weighted by molar-refractivity contribution is 0.0386. The number of nitrogens with zero attached hydrogens (tertiary/aromatic N) is 1. The number of fused-ring (bicyclic) bond motifs is 1. The summed E-state index contributed by atoms with van der Waals surface area (Å²) in [5.74, 6) is 0.975. The summed E-state index contributed by atoms with van der Waals surface area (Å²) >= 11 is 0. The number of carbonyl (C=O) groups is 1. The Balaban J connectivity index is 1.59.